The molecule has 382 valence electrons. The number of alkyl halides is 3. The van der Waals surface area contributed by atoms with Crippen molar-refractivity contribution in [3.05, 3.63) is 106 Å². The number of rotatable bonds is 14. The van der Waals surface area contributed by atoms with E-state index in [1.54, 1.807) is 23.4 Å². The average molecular weight is 993 g/mol. The van der Waals surface area contributed by atoms with Gasteiger partial charge in [-0.3, -0.25) is 34.3 Å². The summed E-state index contributed by atoms with van der Waals surface area (Å²) in [7, 11) is 1.88. The smallest absolute Gasteiger partial charge is 0.379 e. The van der Waals surface area contributed by atoms with E-state index in [2.05, 4.69) is 41.2 Å². The zero-order valence-corrected chi connectivity index (χ0v) is 40.9. The Balaban J connectivity index is 0.607. The second-order valence-electron chi connectivity index (χ2n) is 21.1. The van der Waals surface area contributed by atoms with Gasteiger partial charge in [0, 0.05) is 113 Å². The number of amides is 4. The van der Waals surface area contributed by atoms with Crippen LogP contribution >= 0.6 is 0 Å². The summed E-state index contributed by atoms with van der Waals surface area (Å²) in [6.45, 7) is 11.4. The number of piperazine rings is 1. The van der Waals surface area contributed by atoms with Gasteiger partial charge in [-0.05, 0) is 116 Å². The quantitative estimate of drug-likeness (QED) is 0.174. The highest BCUT2D eigenvalue weighted by Crippen LogP contribution is 2.42. The van der Waals surface area contributed by atoms with E-state index < -0.39 is 29.6 Å². The van der Waals surface area contributed by atoms with Crippen molar-refractivity contribution in [3.8, 4) is 0 Å². The average Bonchev–Trinajstić information content (AvgIpc) is 4.03. The van der Waals surface area contributed by atoms with Gasteiger partial charge in [0.15, 0.2) is 0 Å². The molecule has 5 fully saturated rings. The molecule has 7 aliphatic rings. The molecule has 5 saturated heterocycles. The Bertz CT molecular complexity index is 2700. The number of benzene rings is 3. The van der Waals surface area contributed by atoms with E-state index in [1.165, 1.54) is 11.0 Å². The number of carbonyl (C=O) groups is 4. The van der Waals surface area contributed by atoms with Crippen LogP contribution in [0.3, 0.4) is 0 Å². The summed E-state index contributed by atoms with van der Waals surface area (Å²) in [5.74, 6) is 0.197. The molecule has 16 nitrogen and oxygen atoms in total. The van der Waals surface area contributed by atoms with E-state index in [9.17, 15) is 32.3 Å². The lowest BCUT2D eigenvalue weighted by Crippen LogP contribution is -2.52. The van der Waals surface area contributed by atoms with Crippen LogP contribution in [0.25, 0.3) is 0 Å². The van der Waals surface area contributed by atoms with E-state index in [4.69, 9.17) is 9.47 Å². The summed E-state index contributed by atoms with van der Waals surface area (Å²) in [6, 6.07) is 15.8. The largest absolute Gasteiger partial charge is 0.416 e. The molecule has 4 amide bonds. The van der Waals surface area contributed by atoms with E-state index in [0.717, 1.165) is 101 Å². The number of hydrogen-bond donors (Lipinski definition) is 1. The van der Waals surface area contributed by atoms with Crippen molar-refractivity contribution in [2.45, 2.75) is 88.3 Å². The van der Waals surface area contributed by atoms with Gasteiger partial charge in [-0.15, -0.1) is 10.2 Å². The van der Waals surface area contributed by atoms with Crippen LogP contribution in [-0.2, 0) is 63.8 Å². The lowest BCUT2D eigenvalue weighted by atomic mass is 9.75. The molecular weight excluding hydrogens is 930 g/mol. The number of likely N-dealkylation sites (tertiary alicyclic amines) is 2. The van der Waals surface area contributed by atoms with Crippen molar-refractivity contribution < 1.29 is 41.8 Å². The predicted octanol–water partition coefficient (Wildman–Crippen LogP) is 4.78. The number of nitrogens with zero attached hydrogens (tertiary/aromatic N) is 9. The minimum atomic E-state index is -4.61. The minimum Gasteiger partial charge on any atom is -0.379 e. The first-order valence-corrected chi connectivity index (χ1v) is 25.6. The van der Waals surface area contributed by atoms with Gasteiger partial charge in [0.05, 0.1) is 38.0 Å². The number of aryl methyl sites for hydroxylation is 1. The normalized spacial score (nSPS) is 22.7. The molecule has 0 aliphatic carbocycles. The molecule has 1 N–H and O–H groups in total. The van der Waals surface area contributed by atoms with E-state index in [-0.39, 0.29) is 47.4 Å². The number of piperidine rings is 3. The Hall–Kier alpha value is -5.73. The third-order valence-corrected chi connectivity index (χ3v) is 16.4. The van der Waals surface area contributed by atoms with Gasteiger partial charge >= 0.3 is 6.18 Å². The molecule has 1 unspecified atom stereocenters. The van der Waals surface area contributed by atoms with E-state index in [0.29, 0.717) is 81.6 Å². The summed E-state index contributed by atoms with van der Waals surface area (Å²) in [4.78, 5) is 64.0. The summed E-state index contributed by atoms with van der Waals surface area (Å²) >= 11 is 0. The second kappa shape index (κ2) is 19.9. The molecule has 3 aromatic carbocycles. The topological polar surface area (TPSA) is 149 Å². The second-order valence-corrected chi connectivity index (χ2v) is 21.1. The fourth-order valence-corrected chi connectivity index (χ4v) is 12.1. The van der Waals surface area contributed by atoms with Crippen LogP contribution in [0.5, 0.6) is 0 Å². The van der Waals surface area contributed by atoms with Gasteiger partial charge in [0.2, 0.25) is 11.8 Å². The number of hydrogen-bond acceptors (Lipinski definition) is 12. The molecule has 0 bridgehead atoms. The lowest BCUT2D eigenvalue weighted by Gasteiger charge is -2.42. The molecule has 72 heavy (non-hydrogen) atoms. The van der Waals surface area contributed by atoms with Gasteiger partial charge < -0.3 is 33.6 Å². The first-order chi connectivity index (χ1) is 34.8. The maximum atomic E-state index is 14.7. The molecule has 0 spiro atoms. The van der Waals surface area contributed by atoms with Gasteiger partial charge in [-0.2, -0.15) is 13.2 Å². The van der Waals surface area contributed by atoms with Crippen molar-refractivity contribution in [2.75, 3.05) is 95.1 Å². The number of nitrogens with one attached hydrogen (secondary N) is 1. The summed E-state index contributed by atoms with van der Waals surface area (Å²) in [5, 5.41) is 10.6. The Kier molecular flexibility index (Phi) is 13.4. The number of carbonyl (C=O) groups excluding carboxylic acids is 4. The van der Waals surface area contributed by atoms with Crippen LogP contribution in [0, 0.1) is 5.92 Å². The summed E-state index contributed by atoms with van der Waals surface area (Å²) in [6.07, 6.45) is 2.22. The van der Waals surface area contributed by atoms with Crippen LogP contribution in [0.2, 0.25) is 0 Å². The molecule has 11 rings (SSSR count). The van der Waals surface area contributed by atoms with Gasteiger partial charge in [0.25, 0.3) is 11.8 Å². The van der Waals surface area contributed by atoms with Gasteiger partial charge in [-0.1, -0.05) is 12.1 Å². The molecule has 0 saturated carbocycles. The first kappa shape index (κ1) is 48.5. The Morgan fingerprint density at radius 1 is 0.806 bits per heavy atom. The van der Waals surface area contributed by atoms with E-state index in [1.807, 2.05) is 41.9 Å². The number of fused-ring (bicyclic) bond motifs is 2. The maximum Gasteiger partial charge on any atom is 0.416 e. The van der Waals surface area contributed by atoms with Crippen molar-refractivity contribution in [2.24, 2.45) is 13.0 Å². The standard InChI is InChI=1S/C53H63F3N10O6/c1-60-34-57-59-47(60)27-52(32-71-33-52)38-3-2-4-40(26-38)65-31-44-43(51(65)70)23-36(24-45(44)53(54,55)56)29-62-15-11-41(12-16-62)72-22-21-61-13-9-35(10-14-61)28-63-17-19-64(20-18-63)39-5-6-42-37(25-39)30-66(50(42)69)46-7-8-48(67)58-49(46)68/h2-6,23-26,34-35,41,46H,7-22,27-33H2,1H3,(H,58,67,68). The maximum absolute atomic E-state index is 14.7. The fourth-order valence-electron chi connectivity index (χ4n) is 12.1. The zero-order chi connectivity index (χ0) is 49.7. The monoisotopic (exact) mass is 992 g/mol. The van der Waals surface area contributed by atoms with Crippen LogP contribution in [-0.4, -0.2) is 155 Å². The molecule has 1 aromatic heterocycles. The van der Waals surface area contributed by atoms with Crippen molar-refractivity contribution in [1.82, 2.24) is 39.7 Å². The highest BCUT2D eigenvalue weighted by Gasteiger charge is 2.44. The van der Waals surface area contributed by atoms with Crippen LogP contribution in [0.15, 0.2) is 60.9 Å². The number of imide groups is 1. The van der Waals surface area contributed by atoms with Crippen LogP contribution < -0.4 is 15.1 Å². The zero-order valence-electron chi connectivity index (χ0n) is 40.9. The SMILES string of the molecule is Cn1cnnc1CC1(c2cccc(N3Cc4c(cc(CN5CCC(OCCN6CCC(CN7CCN(c8ccc9c(c8)CN(C8CCC(=O)NC8=O)C9=O)CC7)CC6)CC5)cc4C(F)(F)F)C3=O)c2)COC1. The highest BCUT2D eigenvalue weighted by atomic mass is 19.4. The van der Waals surface area contributed by atoms with Crippen LogP contribution in [0.1, 0.15) is 92.9 Å². The Morgan fingerprint density at radius 2 is 1.58 bits per heavy atom. The summed E-state index contributed by atoms with van der Waals surface area (Å²) < 4.78 is 58.0. The molecule has 19 heteroatoms. The third kappa shape index (κ3) is 9.89. The molecule has 8 heterocycles. The van der Waals surface area contributed by atoms with Gasteiger partial charge in [0.1, 0.15) is 18.2 Å². The number of halogens is 3. The van der Waals surface area contributed by atoms with E-state index >= 15 is 0 Å². The van der Waals surface area contributed by atoms with Gasteiger partial charge in [-0.25, -0.2) is 0 Å². The first-order valence-electron chi connectivity index (χ1n) is 25.6. The lowest BCUT2D eigenvalue weighted by molar-refractivity contribution is -0.138. The predicted molar refractivity (Wildman–Crippen MR) is 260 cm³/mol. The molecule has 7 aliphatic heterocycles. The van der Waals surface area contributed by atoms with Crippen molar-refractivity contribution >= 4 is 35.0 Å². The Morgan fingerprint density at radius 3 is 2.29 bits per heavy atom. The molecule has 0 radical (unpaired) electrons. The molecule has 1 atom stereocenters. The molecule has 4 aromatic rings. The van der Waals surface area contributed by atoms with Crippen molar-refractivity contribution in [1.29, 1.82) is 0 Å². The number of aromatic nitrogens is 3. The fraction of sp³-hybridized carbons (Fsp3) is 0.547. The van der Waals surface area contributed by atoms with Crippen LogP contribution in [0.4, 0.5) is 24.5 Å². The minimum absolute atomic E-state index is 0.0198. The summed E-state index contributed by atoms with van der Waals surface area (Å²) in [5.41, 5.74) is 3.67. The highest BCUT2D eigenvalue weighted by molar-refractivity contribution is 6.10. The third-order valence-electron chi connectivity index (χ3n) is 16.4. The molecular formula is C53H63F3N10O6. The number of ether oxygens (including phenoxy) is 2. The Labute approximate surface area is 417 Å². The number of anilines is 2. The van der Waals surface area contributed by atoms with Crippen molar-refractivity contribution in [3.63, 3.8) is 0 Å².